The molecule has 0 atom stereocenters. The smallest absolute Gasteiger partial charge is 0.243 e. The minimum atomic E-state index is 0.00698. The van der Waals surface area contributed by atoms with E-state index in [2.05, 4.69) is 64.7 Å². The zero-order valence-electron chi connectivity index (χ0n) is 16.5. The van der Waals surface area contributed by atoms with Gasteiger partial charge in [-0.05, 0) is 32.3 Å². The van der Waals surface area contributed by atoms with Crippen molar-refractivity contribution in [2.45, 2.75) is 45.3 Å². The van der Waals surface area contributed by atoms with Gasteiger partial charge in [-0.1, -0.05) is 30.3 Å². The topological polar surface area (TPSA) is 60.0 Å². The fourth-order valence-electron chi connectivity index (χ4n) is 2.96. The molecule has 1 aromatic carbocycles. The van der Waals surface area contributed by atoms with Gasteiger partial charge in [-0.25, -0.2) is 4.99 Å². The van der Waals surface area contributed by atoms with Crippen molar-refractivity contribution in [1.82, 2.24) is 20.4 Å². The van der Waals surface area contributed by atoms with Gasteiger partial charge < -0.3 is 15.5 Å². The lowest BCUT2D eigenvalue weighted by Crippen LogP contribution is -2.50. The van der Waals surface area contributed by atoms with E-state index in [-0.39, 0.29) is 18.5 Å². The van der Waals surface area contributed by atoms with E-state index in [4.69, 9.17) is 0 Å². The van der Waals surface area contributed by atoms with E-state index in [1.807, 2.05) is 0 Å². The minimum absolute atomic E-state index is 0.00698. The normalized spacial score (nSPS) is 16.6. The number of guanidine groups is 1. The van der Waals surface area contributed by atoms with Crippen LogP contribution >= 0.6 is 0 Å². The molecule has 1 aliphatic rings. The number of benzene rings is 1. The molecule has 0 radical (unpaired) electrons. The summed E-state index contributed by atoms with van der Waals surface area (Å²) in [6.45, 7) is 7.47. The average molecular weight is 360 g/mol. The molecule has 0 unspecified atom stereocenters. The molecule has 1 fully saturated rings. The van der Waals surface area contributed by atoms with Gasteiger partial charge in [0.2, 0.25) is 5.91 Å². The van der Waals surface area contributed by atoms with Crippen molar-refractivity contribution < 1.29 is 4.79 Å². The van der Waals surface area contributed by atoms with Crippen molar-refractivity contribution in [2.75, 3.05) is 33.7 Å². The Morgan fingerprint density at radius 2 is 1.88 bits per heavy atom. The fourth-order valence-corrected chi connectivity index (χ4v) is 2.96. The second kappa shape index (κ2) is 10.2. The maximum Gasteiger partial charge on any atom is 0.243 e. The Kier molecular flexibility index (Phi) is 7.91. The van der Waals surface area contributed by atoms with Gasteiger partial charge in [0, 0.05) is 45.8 Å². The number of hydrogen-bond donors (Lipinski definition) is 2. The molecule has 6 heteroatoms. The quantitative estimate of drug-likeness (QED) is 0.599. The third-order valence-corrected chi connectivity index (χ3v) is 4.47. The molecule has 1 amide bonds. The maximum absolute atomic E-state index is 11.8. The molecule has 1 heterocycles. The van der Waals surface area contributed by atoms with Crippen LogP contribution in [0.15, 0.2) is 35.3 Å². The van der Waals surface area contributed by atoms with E-state index in [0.717, 1.165) is 38.4 Å². The largest absolute Gasteiger partial charge is 0.354 e. The first kappa shape index (κ1) is 20.2. The zero-order chi connectivity index (χ0) is 18.9. The van der Waals surface area contributed by atoms with Crippen molar-refractivity contribution in [3.05, 3.63) is 35.9 Å². The molecule has 2 N–H and O–H groups in total. The summed E-state index contributed by atoms with van der Waals surface area (Å²) >= 11 is 0. The molecule has 0 aliphatic carbocycles. The Balaban J connectivity index is 1.83. The summed E-state index contributed by atoms with van der Waals surface area (Å²) < 4.78 is 0. The molecule has 6 nitrogen and oxygen atoms in total. The van der Waals surface area contributed by atoms with Crippen molar-refractivity contribution in [1.29, 1.82) is 0 Å². The molecule has 1 aliphatic heterocycles. The lowest BCUT2D eigenvalue weighted by atomic mass is 10.0. The summed E-state index contributed by atoms with van der Waals surface area (Å²) in [7, 11) is 3.51. The van der Waals surface area contributed by atoms with Crippen LogP contribution in [0.1, 0.15) is 32.3 Å². The number of hydrogen-bond acceptors (Lipinski definition) is 3. The molecule has 0 aromatic heterocycles. The zero-order valence-corrected chi connectivity index (χ0v) is 16.5. The summed E-state index contributed by atoms with van der Waals surface area (Å²) in [5.41, 5.74) is 1.37. The van der Waals surface area contributed by atoms with Gasteiger partial charge >= 0.3 is 0 Å². The summed E-state index contributed by atoms with van der Waals surface area (Å²) in [5.74, 6) is 0.740. The van der Waals surface area contributed by atoms with Crippen LogP contribution in [-0.2, 0) is 11.3 Å². The number of nitrogens with one attached hydrogen (secondary N) is 2. The second-order valence-electron chi connectivity index (χ2n) is 7.43. The van der Waals surface area contributed by atoms with Gasteiger partial charge in [0.15, 0.2) is 5.96 Å². The lowest BCUT2D eigenvalue weighted by Gasteiger charge is -2.33. The summed E-state index contributed by atoms with van der Waals surface area (Å²) in [5, 5.41) is 6.83. The molecule has 2 rings (SSSR count). The second-order valence-corrected chi connectivity index (χ2v) is 7.43. The first-order valence-electron chi connectivity index (χ1n) is 9.48. The van der Waals surface area contributed by atoms with Crippen molar-refractivity contribution >= 4 is 11.9 Å². The van der Waals surface area contributed by atoms with Crippen molar-refractivity contribution in [2.24, 2.45) is 4.99 Å². The number of carbonyl (C=O) groups excluding carboxylic acids is 1. The van der Waals surface area contributed by atoms with E-state index in [0.29, 0.717) is 6.04 Å². The van der Waals surface area contributed by atoms with Crippen LogP contribution in [-0.4, -0.2) is 67.5 Å². The van der Waals surface area contributed by atoms with Gasteiger partial charge in [-0.2, -0.15) is 0 Å². The monoisotopic (exact) mass is 359 g/mol. The summed E-state index contributed by atoms with van der Waals surface area (Å²) in [4.78, 5) is 20.3. The number of likely N-dealkylation sites (tertiary alicyclic amines) is 1. The van der Waals surface area contributed by atoms with Crippen LogP contribution < -0.4 is 10.6 Å². The molecular weight excluding hydrogens is 326 g/mol. The first-order valence-corrected chi connectivity index (χ1v) is 9.48. The summed E-state index contributed by atoms with van der Waals surface area (Å²) in [6, 6.07) is 11.3. The number of rotatable bonds is 6. The third kappa shape index (κ3) is 7.04. The van der Waals surface area contributed by atoms with E-state index in [9.17, 15) is 4.79 Å². The number of piperidine rings is 1. The standard InChI is InChI=1S/C20H33N5O/c1-16(2)22-20(21-14-19(26)24(3)4)23-18-10-12-25(13-11-18)15-17-8-6-5-7-9-17/h5-9,16,18H,10-15H2,1-4H3,(H2,21,22,23). The fraction of sp³-hybridized carbons (Fsp3) is 0.600. The highest BCUT2D eigenvalue weighted by Gasteiger charge is 2.20. The molecule has 1 aromatic rings. The Hall–Kier alpha value is -2.08. The lowest BCUT2D eigenvalue weighted by molar-refractivity contribution is -0.127. The molecule has 1 saturated heterocycles. The Morgan fingerprint density at radius 1 is 1.23 bits per heavy atom. The Morgan fingerprint density at radius 3 is 2.46 bits per heavy atom. The van der Waals surface area contributed by atoms with Gasteiger partial charge in [0.1, 0.15) is 6.54 Å². The van der Waals surface area contributed by atoms with Crippen LogP contribution in [0.4, 0.5) is 0 Å². The SMILES string of the molecule is CC(C)NC(=NCC(=O)N(C)C)NC1CCN(Cc2ccccc2)CC1. The van der Waals surface area contributed by atoms with Crippen LogP contribution in [0.5, 0.6) is 0 Å². The van der Waals surface area contributed by atoms with Crippen LogP contribution in [0.2, 0.25) is 0 Å². The average Bonchev–Trinajstić information content (AvgIpc) is 2.61. The third-order valence-electron chi connectivity index (χ3n) is 4.47. The Bertz CT molecular complexity index is 577. The molecule has 0 saturated carbocycles. The number of amides is 1. The predicted molar refractivity (Wildman–Crippen MR) is 107 cm³/mol. The van der Waals surface area contributed by atoms with Gasteiger partial charge in [-0.15, -0.1) is 0 Å². The first-order chi connectivity index (χ1) is 12.4. The highest BCUT2D eigenvalue weighted by molar-refractivity contribution is 5.85. The number of carbonyl (C=O) groups is 1. The van der Waals surface area contributed by atoms with Crippen LogP contribution in [0, 0.1) is 0 Å². The van der Waals surface area contributed by atoms with Crippen molar-refractivity contribution in [3.8, 4) is 0 Å². The van der Waals surface area contributed by atoms with Gasteiger partial charge in [0.05, 0.1) is 0 Å². The van der Waals surface area contributed by atoms with Crippen LogP contribution in [0.3, 0.4) is 0 Å². The maximum atomic E-state index is 11.8. The molecule has 144 valence electrons. The molecule has 0 bridgehead atoms. The predicted octanol–water partition coefficient (Wildman–Crippen LogP) is 1.68. The highest BCUT2D eigenvalue weighted by Crippen LogP contribution is 2.13. The van der Waals surface area contributed by atoms with Crippen LogP contribution in [0.25, 0.3) is 0 Å². The number of nitrogens with zero attached hydrogens (tertiary/aromatic N) is 3. The number of likely N-dealkylation sites (N-methyl/N-ethyl adjacent to an activating group) is 1. The van der Waals surface area contributed by atoms with Gasteiger partial charge in [0.25, 0.3) is 0 Å². The highest BCUT2D eigenvalue weighted by atomic mass is 16.2. The molecule has 0 spiro atoms. The minimum Gasteiger partial charge on any atom is -0.354 e. The van der Waals surface area contributed by atoms with Gasteiger partial charge in [-0.3, -0.25) is 9.69 Å². The van der Waals surface area contributed by atoms with E-state index >= 15 is 0 Å². The van der Waals surface area contributed by atoms with Crippen molar-refractivity contribution in [3.63, 3.8) is 0 Å². The van der Waals surface area contributed by atoms with E-state index in [1.54, 1.807) is 19.0 Å². The number of aliphatic imine (C=N–C) groups is 1. The summed E-state index contributed by atoms with van der Waals surface area (Å²) in [6.07, 6.45) is 2.15. The Labute approximate surface area is 157 Å². The van der Waals surface area contributed by atoms with E-state index in [1.165, 1.54) is 5.56 Å². The molecular formula is C20H33N5O. The molecule has 26 heavy (non-hydrogen) atoms. The van der Waals surface area contributed by atoms with E-state index < -0.39 is 0 Å².